The number of carboxylic acid groups (broad SMARTS) is 1. The summed E-state index contributed by atoms with van der Waals surface area (Å²) in [6.07, 6.45) is 1.80. The monoisotopic (exact) mass is 272 g/mol. The number of thioether (sulfide) groups is 1. The highest BCUT2D eigenvalue weighted by Crippen LogP contribution is 2.41. The number of carbonyl (C=O) groups is 2. The van der Waals surface area contributed by atoms with E-state index in [2.05, 4.69) is 10.2 Å². The van der Waals surface area contributed by atoms with Crippen LogP contribution in [0.5, 0.6) is 0 Å². The molecule has 18 heavy (non-hydrogen) atoms. The van der Waals surface area contributed by atoms with E-state index < -0.39 is 11.4 Å². The molecule has 0 unspecified atom stereocenters. The second kappa shape index (κ2) is 5.93. The van der Waals surface area contributed by atoms with Gasteiger partial charge in [-0.2, -0.15) is 11.8 Å². The van der Waals surface area contributed by atoms with E-state index in [-0.39, 0.29) is 5.91 Å². The van der Waals surface area contributed by atoms with Crippen LogP contribution in [0, 0.1) is 5.41 Å². The molecule has 2 aliphatic rings. The number of carboxylic acids is 1. The molecule has 0 radical (unpaired) electrons. The largest absolute Gasteiger partial charge is 0.480 e. The van der Waals surface area contributed by atoms with Gasteiger partial charge in [0, 0.05) is 37.7 Å². The first-order chi connectivity index (χ1) is 8.65. The number of hydrogen-bond acceptors (Lipinski definition) is 4. The molecule has 1 heterocycles. The molecule has 1 saturated carbocycles. The van der Waals surface area contributed by atoms with Crippen LogP contribution in [0.4, 0.5) is 0 Å². The highest BCUT2D eigenvalue weighted by atomic mass is 32.2. The topological polar surface area (TPSA) is 69.6 Å². The minimum absolute atomic E-state index is 0.298. The summed E-state index contributed by atoms with van der Waals surface area (Å²) in [5, 5.41) is 11.9. The van der Waals surface area contributed by atoms with Crippen molar-refractivity contribution in [1.29, 1.82) is 0 Å². The van der Waals surface area contributed by atoms with Crippen LogP contribution in [0.3, 0.4) is 0 Å². The maximum absolute atomic E-state index is 11.9. The maximum atomic E-state index is 11.9. The van der Waals surface area contributed by atoms with Gasteiger partial charge in [0.2, 0.25) is 5.91 Å². The zero-order valence-corrected chi connectivity index (χ0v) is 11.3. The third-order valence-corrected chi connectivity index (χ3v) is 4.81. The molecule has 0 spiro atoms. The van der Waals surface area contributed by atoms with Crippen LogP contribution in [-0.4, -0.2) is 59.6 Å². The lowest BCUT2D eigenvalue weighted by atomic mass is 9.68. The summed E-state index contributed by atoms with van der Waals surface area (Å²) in [7, 11) is 0. The number of rotatable bonds is 5. The van der Waals surface area contributed by atoms with Gasteiger partial charge in [-0.05, 0) is 12.8 Å². The average Bonchev–Trinajstić information content (AvgIpc) is 2.28. The molecule has 0 aromatic heterocycles. The second-order valence-corrected chi connectivity index (χ2v) is 6.18. The Labute approximate surface area is 111 Å². The van der Waals surface area contributed by atoms with Crippen molar-refractivity contribution < 1.29 is 14.7 Å². The van der Waals surface area contributed by atoms with Crippen molar-refractivity contribution in [3.05, 3.63) is 0 Å². The third-order valence-electron chi connectivity index (χ3n) is 3.87. The Balaban J connectivity index is 1.72. The molecule has 1 aliphatic heterocycles. The molecule has 1 aliphatic carbocycles. The molecule has 0 aromatic rings. The van der Waals surface area contributed by atoms with E-state index in [0.717, 1.165) is 37.6 Å². The summed E-state index contributed by atoms with van der Waals surface area (Å²) in [6, 6.07) is 0. The minimum atomic E-state index is -1.13. The van der Waals surface area contributed by atoms with Crippen LogP contribution in [0.1, 0.15) is 19.3 Å². The molecular formula is C12H20N2O3S. The second-order valence-electron chi connectivity index (χ2n) is 4.95. The fourth-order valence-electron chi connectivity index (χ4n) is 2.39. The lowest BCUT2D eigenvalue weighted by Crippen LogP contribution is -2.52. The minimum Gasteiger partial charge on any atom is -0.480 e. The van der Waals surface area contributed by atoms with Crippen LogP contribution in [0.15, 0.2) is 0 Å². The van der Waals surface area contributed by atoms with E-state index in [1.165, 1.54) is 0 Å². The molecule has 0 bridgehead atoms. The van der Waals surface area contributed by atoms with Gasteiger partial charge in [0.1, 0.15) is 5.41 Å². The standard InChI is InChI=1S/C12H20N2O3S/c15-10(12(11(16)17)2-1-3-12)13-4-5-14-6-8-18-9-7-14/h1-9H2,(H,13,15)(H,16,17). The molecule has 1 saturated heterocycles. The third kappa shape index (κ3) is 2.80. The molecular weight excluding hydrogens is 252 g/mol. The van der Waals surface area contributed by atoms with E-state index in [1.54, 1.807) is 0 Å². The number of hydrogen-bond donors (Lipinski definition) is 2. The van der Waals surface area contributed by atoms with Gasteiger partial charge in [0.05, 0.1) is 0 Å². The Morgan fingerprint density at radius 1 is 1.28 bits per heavy atom. The Bertz CT molecular complexity index is 325. The van der Waals surface area contributed by atoms with Crippen LogP contribution in [0.25, 0.3) is 0 Å². The van der Waals surface area contributed by atoms with Crippen LogP contribution < -0.4 is 5.32 Å². The van der Waals surface area contributed by atoms with Gasteiger partial charge in [0.15, 0.2) is 0 Å². The number of amides is 1. The van der Waals surface area contributed by atoms with Gasteiger partial charge in [0.25, 0.3) is 0 Å². The van der Waals surface area contributed by atoms with E-state index in [4.69, 9.17) is 5.11 Å². The van der Waals surface area contributed by atoms with Crippen LogP contribution in [-0.2, 0) is 9.59 Å². The molecule has 102 valence electrons. The van der Waals surface area contributed by atoms with Crippen molar-refractivity contribution >= 4 is 23.6 Å². The van der Waals surface area contributed by atoms with Crippen molar-refractivity contribution in [1.82, 2.24) is 10.2 Å². The van der Waals surface area contributed by atoms with Gasteiger partial charge in [-0.15, -0.1) is 0 Å². The Morgan fingerprint density at radius 2 is 1.94 bits per heavy atom. The van der Waals surface area contributed by atoms with Crippen LogP contribution in [0.2, 0.25) is 0 Å². The predicted octanol–water partition coefficient (Wildman–Crippen LogP) is 0.406. The summed E-state index contributed by atoms with van der Waals surface area (Å²) in [4.78, 5) is 25.4. The molecule has 2 fully saturated rings. The van der Waals surface area contributed by atoms with Gasteiger partial charge in [-0.25, -0.2) is 0 Å². The van der Waals surface area contributed by atoms with E-state index in [9.17, 15) is 9.59 Å². The fraction of sp³-hybridized carbons (Fsp3) is 0.833. The Hall–Kier alpha value is -0.750. The molecule has 2 rings (SSSR count). The normalized spacial score (nSPS) is 23.1. The van der Waals surface area contributed by atoms with Gasteiger partial charge < -0.3 is 10.4 Å². The van der Waals surface area contributed by atoms with Crippen molar-refractivity contribution in [3.63, 3.8) is 0 Å². The van der Waals surface area contributed by atoms with Crippen molar-refractivity contribution in [3.8, 4) is 0 Å². The fourth-order valence-corrected chi connectivity index (χ4v) is 3.37. The van der Waals surface area contributed by atoms with Gasteiger partial charge in [-0.3, -0.25) is 14.5 Å². The average molecular weight is 272 g/mol. The lowest BCUT2D eigenvalue weighted by Gasteiger charge is -2.36. The van der Waals surface area contributed by atoms with Gasteiger partial charge in [-0.1, -0.05) is 6.42 Å². The maximum Gasteiger partial charge on any atom is 0.319 e. The zero-order valence-electron chi connectivity index (χ0n) is 10.5. The quantitative estimate of drug-likeness (QED) is 0.709. The van der Waals surface area contributed by atoms with Gasteiger partial charge >= 0.3 is 5.97 Å². The lowest BCUT2D eigenvalue weighted by molar-refractivity contribution is -0.162. The summed E-state index contributed by atoms with van der Waals surface area (Å²) < 4.78 is 0. The summed E-state index contributed by atoms with van der Waals surface area (Å²) in [5.74, 6) is 1.02. The van der Waals surface area contributed by atoms with Crippen LogP contribution >= 0.6 is 11.8 Å². The summed E-state index contributed by atoms with van der Waals surface area (Å²) >= 11 is 1.95. The Morgan fingerprint density at radius 3 is 2.44 bits per heavy atom. The molecule has 0 aromatic carbocycles. The summed E-state index contributed by atoms with van der Waals surface area (Å²) in [5.41, 5.74) is -1.13. The first kappa shape index (κ1) is 13.7. The Kier molecular flexibility index (Phi) is 4.50. The first-order valence-corrected chi connectivity index (χ1v) is 7.62. The molecule has 5 nitrogen and oxygen atoms in total. The smallest absolute Gasteiger partial charge is 0.319 e. The highest BCUT2D eigenvalue weighted by molar-refractivity contribution is 7.99. The SMILES string of the molecule is O=C(O)C1(C(=O)NCCN2CCSCC2)CCC1. The summed E-state index contributed by atoms with van der Waals surface area (Å²) in [6.45, 7) is 3.50. The van der Waals surface area contributed by atoms with Crippen molar-refractivity contribution in [2.45, 2.75) is 19.3 Å². The van der Waals surface area contributed by atoms with E-state index >= 15 is 0 Å². The number of nitrogens with zero attached hydrogens (tertiary/aromatic N) is 1. The van der Waals surface area contributed by atoms with E-state index in [0.29, 0.717) is 19.4 Å². The molecule has 1 amide bonds. The molecule has 2 N–H and O–H groups in total. The number of nitrogens with one attached hydrogen (secondary N) is 1. The number of carbonyl (C=O) groups excluding carboxylic acids is 1. The first-order valence-electron chi connectivity index (χ1n) is 6.47. The highest BCUT2D eigenvalue weighted by Gasteiger charge is 2.50. The zero-order chi connectivity index (χ0) is 13.0. The molecule has 0 atom stereocenters. The van der Waals surface area contributed by atoms with Crippen molar-refractivity contribution in [2.24, 2.45) is 5.41 Å². The predicted molar refractivity (Wildman–Crippen MR) is 70.7 cm³/mol. The molecule has 6 heteroatoms. The number of aliphatic carboxylic acids is 1. The van der Waals surface area contributed by atoms with Crippen molar-refractivity contribution in [2.75, 3.05) is 37.7 Å². The van der Waals surface area contributed by atoms with E-state index in [1.807, 2.05) is 11.8 Å².